The Kier molecular flexibility index (Phi) is 13.5. The molecule has 0 saturated carbocycles. The van der Waals surface area contributed by atoms with E-state index < -0.39 is 0 Å². The molecule has 0 aliphatic carbocycles. The highest BCUT2D eigenvalue weighted by Gasteiger charge is 2.33. The Bertz CT molecular complexity index is 5880. The molecule has 19 rings (SSSR count). The zero-order valence-corrected chi connectivity index (χ0v) is 53.4. The Balaban J connectivity index is 0.665. The number of fused-ring (bicyclic) bond motifs is 14. The van der Waals surface area contributed by atoms with E-state index in [1.807, 2.05) is 103 Å². The van der Waals surface area contributed by atoms with E-state index in [0.29, 0.717) is 34.9 Å². The van der Waals surface area contributed by atoms with Gasteiger partial charge >= 0.3 is 0 Å². The summed E-state index contributed by atoms with van der Waals surface area (Å²) in [6.45, 7) is 0. The van der Waals surface area contributed by atoms with E-state index >= 15 is 0 Å². The van der Waals surface area contributed by atoms with Crippen molar-refractivity contribution in [2.24, 2.45) is 0 Å². The fourth-order valence-electron chi connectivity index (χ4n) is 14.2. The van der Waals surface area contributed by atoms with Crippen LogP contribution in [0.1, 0.15) is 0 Å². The zero-order valence-electron chi connectivity index (χ0n) is 52.6. The van der Waals surface area contributed by atoms with E-state index in [1.54, 1.807) is 0 Å². The summed E-state index contributed by atoms with van der Waals surface area (Å²) < 4.78 is 3.67. The van der Waals surface area contributed by atoms with Gasteiger partial charge in [-0.15, -0.1) is 11.3 Å². The van der Waals surface area contributed by atoms with Crippen molar-refractivity contribution in [1.29, 1.82) is 0 Å². The second-order valence-electron chi connectivity index (χ2n) is 24.4. The van der Waals surface area contributed by atoms with Crippen molar-refractivity contribution in [2.75, 3.05) is 9.80 Å². The molecule has 0 spiro atoms. The molecule has 2 aliphatic heterocycles. The largest absolute Gasteiger partial charge is 0.309 e. The number of hydrogen-bond donors (Lipinski definition) is 0. The Morgan fingerprint density at radius 2 is 0.653 bits per heavy atom. The minimum Gasteiger partial charge on any atom is -0.309 e. The van der Waals surface area contributed by atoms with Crippen LogP contribution in [0.5, 0.6) is 0 Å². The highest BCUT2D eigenvalue weighted by Crippen LogP contribution is 2.57. The number of pyridine rings is 1. The van der Waals surface area contributed by atoms with E-state index in [0.717, 1.165) is 118 Å². The Hall–Kier alpha value is -13.1. The number of anilines is 6. The molecule has 0 N–H and O–H groups in total. The van der Waals surface area contributed by atoms with Crippen molar-refractivity contribution in [1.82, 2.24) is 39.5 Å². The molecule has 0 bridgehead atoms. The van der Waals surface area contributed by atoms with Crippen LogP contribution in [0.4, 0.5) is 34.1 Å². The number of hydrogen-bond acceptors (Lipinski definition) is 10. The Morgan fingerprint density at radius 3 is 1.19 bits per heavy atom. The van der Waals surface area contributed by atoms with Crippen LogP contribution in [-0.2, 0) is 0 Å². The molecule has 0 amide bonds. The zero-order chi connectivity index (χ0) is 64.6. The van der Waals surface area contributed by atoms with Gasteiger partial charge in [0.1, 0.15) is 0 Å². The molecule has 5 aromatic heterocycles. The lowest BCUT2D eigenvalue weighted by Gasteiger charge is -2.27. The second kappa shape index (κ2) is 23.4. The SMILES string of the molecule is c1ccc(-c2nc(-c3ccccc3)nc(-c3ccc(-n4c5c(c6cnccc64)-c4ccccc4N(c4ccc(-c6cccc(-c7nc(-c8ccccc8)nc(-c8ccc(N9c%10ccccc%10-c%10sc%11ccccc%11c%10-c%10ccccc%109)cc8)n7)c6)cc4)c4ccccc4-5)cc3)n2)cc1. The third-order valence-electron chi connectivity index (χ3n) is 18.7. The maximum absolute atomic E-state index is 5.28. The molecule has 0 saturated heterocycles. The van der Waals surface area contributed by atoms with Crippen molar-refractivity contribution in [3.63, 3.8) is 0 Å². The van der Waals surface area contributed by atoms with Gasteiger partial charge in [0.05, 0.1) is 34.0 Å². The van der Waals surface area contributed by atoms with Crippen molar-refractivity contribution in [3.05, 3.63) is 328 Å². The van der Waals surface area contributed by atoms with Gasteiger partial charge in [0.2, 0.25) is 0 Å². The van der Waals surface area contributed by atoms with Crippen LogP contribution in [0.25, 0.3) is 150 Å². The molecular formula is C87H54N10S. The first-order chi connectivity index (χ1) is 48.6. The van der Waals surface area contributed by atoms with E-state index in [4.69, 9.17) is 34.9 Å². The smallest absolute Gasteiger partial charge is 0.164 e. The molecule has 7 heterocycles. The van der Waals surface area contributed by atoms with Crippen LogP contribution >= 0.6 is 11.3 Å². The van der Waals surface area contributed by atoms with E-state index in [-0.39, 0.29) is 0 Å². The molecule has 17 aromatic rings. The highest BCUT2D eigenvalue weighted by atomic mass is 32.1. The molecule has 0 radical (unpaired) electrons. The summed E-state index contributed by atoms with van der Waals surface area (Å²) in [5, 5.41) is 2.32. The van der Waals surface area contributed by atoms with E-state index in [1.165, 1.54) is 31.7 Å². The first-order valence-electron chi connectivity index (χ1n) is 32.7. The van der Waals surface area contributed by atoms with Crippen molar-refractivity contribution >= 4 is 66.5 Å². The summed E-state index contributed by atoms with van der Waals surface area (Å²) in [5.41, 5.74) is 24.0. The molecule has 98 heavy (non-hydrogen) atoms. The second-order valence-corrected chi connectivity index (χ2v) is 25.5. The molecular weight excluding hydrogens is 1220 g/mol. The minimum atomic E-state index is 0.586. The maximum Gasteiger partial charge on any atom is 0.164 e. The third kappa shape index (κ3) is 9.58. The van der Waals surface area contributed by atoms with Crippen LogP contribution in [0.2, 0.25) is 0 Å². The number of benzene rings is 12. The normalized spacial score (nSPS) is 12.0. The molecule has 11 heteroatoms. The summed E-state index contributed by atoms with van der Waals surface area (Å²) in [6, 6.07) is 111. The van der Waals surface area contributed by atoms with Gasteiger partial charge < -0.3 is 14.4 Å². The van der Waals surface area contributed by atoms with Gasteiger partial charge in [-0.25, -0.2) is 29.9 Å². The number of aromatic nitrogens is 8. The average Bonchev–Trinajstić information content (AvgIpc) is 1.56. The first-order valence-corrected chi connectivity index (χ1v) is 33.5. The number of para-hydroxylation sites is 4. The predicted octanol–water partition coefficient (Wildman–Crippen LogP) is 22.5. The fourth-order valence-corrected chi connectivity index (χ4v) is 15.4. The lowest BCUT2D eigenvalue weighted by molar-refractivity contribution is 1.07. The van der Waals surface area contributed by atoms with Crippen LogP contribution in [0, 0.1) is 0 Å². The van der Waals surface area contributed by atoms with E-state index in [9.17, 15) is 0 Å². The van der Waals surface area contributed by atoms with Crippen LogP contribution < -0.4 is 9.80 Å². The topological polar surface area (TPSA) is 102 Å². The van der Waals surface area contributed by atoms with Gasteiger partial charge in [-0.3, -0.25) is 4.98 Å². The molecule has 0 unspecified atom stereocenters. The molecule has 0 fully saturated rings. The monoisotopic (exact) mass is 1270 g/mol. The van der Waals surface area contributed by atoms with Gasteiger partial charge in [0, 0.05) is 117 Å². The van der Waals surface area contributed by atoms with Gasteiger partial charge in [-0.05, 0) is 114 Å². The predicted molar refractivity (Wildman–Crippen MR) is 400 cm³/mol. The molecule has 12 aromatic carbocycles. The molecule has 0 atom stereocenters. The first kappa shape index (κ1) is 56.5. The van der Waals surface area contributed by atoms with Crippen molar-refractivity contribution in [2.45, 2.75) is 0 Å². The number of rotatable bonds is 10. The van der Waals surface area contributed by atoms with Crippen LogP contribution in [0.3, 0.4) is 0 Å². The summed E-state index contributed by atoms with van der Waals surface area (Å²) in [6.07, 6.45) is 3.89. The van der Waals surface area contributed by atoms with Gasteiger partial charge in [-0.2, -0.15) is 0 Å². The summed E-state index contributed by atoms with van der Waals surface area (Å²) in [5.74, 6) is 3.61. The maximum atomic E-state index is 5.28. The highest BCUT2D eigenvalue weighted by molar-refractivity contribution is 7.23. The van der Waals surface area contributed by atoms with Crippen molar-refractivity contribution in [3.8, 4) is 129 Å². The quantitative estimate of drug-likeness (QED) is 0.132. The van der Waals surface area contributed by atoms with Crippen molar-refractivity contribution < 1.29 is 0 Å². The third-order valence-corrected chi connectivity index (χ3v) is 19.9. The Labute approximate surface area is 569 Å². The average molecular weight is 1270 g/mol. The fraction of sp³-hybridized carbons (Fsp3) is 0. The summed E-state index contributed by atoms with van der Waals surface area (Å²) in [4.78, 5) is 41.6. The lowest BCUT2D eigenvalue weighted by Crippen LogP contribution is -2.11. The molecule has 10 nitrogen and oxygen atoms in total. The number of thiophene rings is 1. The summed E-state index contributed by atoms with van der Waals surface area (Å²) in [7, 11) is 0. The van der Waals surface area contributed by atoms with Gasteiger partial charge in [-0.1, -0.05) is 212 Å². The number of nitrogens with zero attached hydrogens (tertiary/aromatic N) is 10. The summed E-state index contributed by atoms with van der Waals surface area (Å²) >= 11 is 1.86. The standard InChI is InChI=1S/C87H54N10S/c1-4-21-56(22-5-1)82-89-83(57-23-6-2-7-24-57)91-85(90-82)60-43-49-65(50-44-60)97-76-51-52-88-54-71(76)78-66-29-10-15-34-72(66)95(74-36-17-12-31-68(74)80(78)97)63-45-39-55(40-46-63)61-27-20-28-62(53-61)87-93-84(58-25-8-3-9-26-58)92-86(94-87)59-41-47-64(48-42-59)96-73-35-16-11-30-67(73)79-70-33-14-19-38-77(70)98-81(79)69-32-13-18-37-75(69)96/h1-54H. The van der Waals surface area contributed by atoms with Gasteiger partial charge in [0.15, 0.2) is 34.9 Å². The van der Waals surface area contributed by atoms with Gasteiger partial charge in [0.25, 0.3) is 0 Å². The van der Waals surface area contributed by atoms with Crippen LogP contribution in [-0.4, -0.2) is 39.5 Å². The Morgan fingerprint density at radius 1 is 0.265 bits per heavy atom. The van der Waals surface area contributed by atoms with E-state index in [2.05, 4.69) is 251 Å². The minimum absolute atomic E-state index is 0.586. The molecule has 2 aliphatic rings. The molecule has 458 valence electrons. The van der Waals surface area contributed by atoms with Crippen LogP contribution in [0.15, 0.2) is 328 Å². The lowest BCUT2D eigenvalue weighted by atomic mass is 9.99.